The van der Waals surface area contributed by atoms with Gasteiger partial charge in [0.2, 0.25) is 5.91 Å². The monoisotopic (exact) mass is 445 g/mol. The summed E-state index contributed by atoms with van der Waals surface area (Å²) < 4.78 is 6.35. The van der Waals surface area contributed by atoms with Crippen LogP contribution in [-0.2, 0) is 17.9 Å². The summed E-state index contributed by atoms with van der Waals surface area (Å²) in [5.41, 5.74) is 4.27. The maximum Gasteiger partial charge on any atom is 0.222 e. The molecule has 0 aliphatic carbocycles. The molecule has 1 fully saturated rings. The van der Waals surface area contributed by atoms with Gasteiger partial charge in [0.05, 0.1) is 11.2 Å². The van der Waals surface area contributed by atoms with Gasteiger partial charge >= 0.3 is 0 Å². The molecule has 1 aromatic heterocycles. The maximum atomic E-state index is 12.5. The molecule has 3 aromatic rings. The quantitative estimate of drug-likeness (QED) is 0.417. The van der Waals surface area contributed by atoms with E-state index in [4.69, 9.17) is 9.72 Å². The van der Waals surface area contributed by atoms with Crippen molar-refractivity contribution in [3.05, 3.63) is 71.4 Å². The Labute approximate surface area is 197 Å². The Morgan fingerprint density at radius 3 is 2.45 bits per heavy atom. The van der Waals surface area contributed by atoms with Crippen LogP contribution in [0.5, 0.6) is 5.75 Å². The van der Waals surface area contributed by atoms with E-state index in [2.05, 4.69) is 43.0 Å². The minimum atomic E-state index is 0.305. The van der Waals surface area contributed by atoms with E-state index >= 15 is 0 Å². The zero-order valence-electron chi connectivity index (χ0n) is 19.9. The highest BCUT2D eigenvalue weighted by Gasteiger charge is 2.22. The topological polar surface area (TPSA) is 45.7 Å². The van der Waals surface area contributed by atoms with Crippen molar-refractivity contribution in [3.63, 3.8) is 0 Å². The fourth-order valence-corrected chi connectivity index (χ4v) is 4.45. The second-order valence-electron chi connectivity index (χ2n) is 8.92. The number of benzene rings is 2. The lowest BCUT2D eigenvalue weighted by Crippen LogP contribution is -2.48. The number of unbranched alkanes of at least 4 members (excludes halogenated alkanes) is 2. The summed E-state index contributed by atoms with van der Waals surface area (Å²) in [6.45, 7) is 8.96. The number of para-hydroxylation sites is 1. The maximum absolute atomic E-state index is 12.5. The first-order valence-electron chi connectivity index (χ1n) is 12.2. The van der Waals surface area contributed by atoms with Crippen LogP contribution in [0, 0.1) is 6.92 Å². The van der Waals surface area contributed by atoms with E-state index < -0.39 is 0 Å². The molecule has 1 aliphatic rings. The number of rotatable bonds is 9. The SMILES string of the molecule is CCCCCC(=O)N1CCN(Cc2nc3ccccc3c(OCc3ccccc3)c2C)CC1. The number of aromatic nitrogens is 1. The third-order valence-corrected chi connectivity index (χ3v) is 6.50. The summed E-state index contributed by atoms with van der Waals surface area (Å²) in [6.07, 6.45) is 3.96. The molecule has 2 aromatic carbocycles. The van der Waals surface area contributed by atoms with Gasteiger partial charge in [0.15, 0.2) is 0 Å². The number of hydrogen-bond donors (Lipinski definition) is 0. The van der Waals surface area contributed by atoms with E-state index in [-0.39, 0.29) is 0 Å². The summed E-state index contributed by atoms with van der Waals surface area (Å²) in [7, 11) is 0. The number of piperazine rings is 1. The molecule has 0 radical (unpaired) electrons. The van der Waals surface area contributed by atoms with Crippen molar-refractivity contribution < 1.29 is 9.53 Å². The van der Waals surface area contributed by atoms with Gasteiger partial charge in [-0.25, -0.2) is 0 Å². The van der Waals surface area contributed by atoms with Crippen molar-refractivity contribution in [2.75, 3.05) is 26.2 Å². The molecule has 0 atom stereocenters. The zero-order chi connectivity index (χ0) is 23.0. The molecule has 0 bridgehead atoms. The average Bonchev–Trinajstić information content (AvgIpc) is 2.85. The number of pyridine rings is 1. The Morgan fingerprint density at radius 1 is 0.970 bits per heavy atom. The number of carbonyl (C=O) groups excluding carboxylic acids is 1. The van der Waals surface area contributed by atoms with E-state index in [0.29, 0.717) is 18.9 Å². The molecule has 33 heavy (non-hydrogen) atoms. The Bertz CT molecular complexity index is 1060. The molecule has 2 heterocycles. The lowest BCUT2D eigenvalue weighted by molar-refractivity contribution is -0.133. The van der Waals surface area contributed by atoms with Crippen LogP contribution in [0.3, 0.4) is 0 Å². The van der Waals surface area contributed by atoms with Crippen molar-refractivity contribution >= 4 is 16.8 Å². The number of hydrogen-bond acceptors (Lipinski definition) is 4. The van der Waals surface area contributed by atoms with E-state index in [9.17, 15) is 4.79 Å². The fourth-order valence-electron chi connectivity index (χ4n) is 4.45. The van der Waals surface area contributed by atoms with Crippen LogP contribution in [-0.4, -0.2) is 46.9 Å². The third-order valence-electron chi connectivity index (χ3n) is 6.50. The normalized spacial score (nSPS) is 14.5. The zero-order valence-corrected chi connectivity index (χ0v) is 19.9. The molecular weight excluding hydrogens is 410 g/mol. The first-order valence-corrected chi connectivity index (χ1v) is 12.2. The standard InChI is InChI=1S/C28H35N3O2/c1-3-4-6-15-27(32)31-18-16-30(17-19-31)20-26-22(2)28(24-13-9-10-14-25(24)29-26)33-21-23-11-7-5-8-12-23/h5,7-14H,3-4,6,15-21H2,1-2H3. The van der Waals surface area contributed by atoms with Crippen molar-refractivity contribution in [1.29, 1.82) is 0 Å². The van der Waals surface area contributed by atoms with E-state index in [1.165, 1.54) is 0 Å². The average molecular weight is 446 g/mol. The highest BCUT2D eigenvalue weighted by molar-refractivity contribution is 5.86. The summed E-state index contributed by atoms with van der Waals surface area (Å²) in [5.74, 6) is 1.23. The summed E-state index contributed by atoms with van der Waals surface area (Å²) in [5, 5.41) is 1.05. The van der Waals surface area contributed by atoms with Gasteiger partial charge in [-0.1, -0.05) is 62.2 Å². The van der Waals surface area contributed by atoms with Gasteiger partial charge in [-0.05, 0) is 31.0 Å². The summed E-state index contributed by atoms with van der Waals surface area (Å²) in [4.78, 5) is 21.9. The van der Waals surface area contributed by atoms with Crippen LogP contribution in [0.1, 0.15) is 49.4 Å². The number of fused-ring (bicyclic) bond motifs is 1. The van der Waals surface area contributed by atoms with Crippen LogP contribution < -0.4 is 4.74 Å². The van der Waals surface area contributed by atoms with Gasteiger partial charge < -0.3 is 9.64 Å². The van der Waals surface area contributed by atoms with Crippen LogP contribution in [0.25, 0.3) is 10.9 Å². The van der Waals surface area contributed by atoms with Gasteiger partial charge in [0.1, 0.15) is 12.4 Å². The summed E-state index contributed by atoms with van der Waals surface area (Å²) in [6, 6.07) is 18.5. The van der Waals surface area contributed by atoms with Crippen LogP contribution in [0.15, 0.2) is 54.6 Å². The molecule has 0 N–H and O–H groups in total. The molecule has 5 nitrogen and oxygen atoms in total. The predicted octanol–water partition coefficient (Wildman–Crippen LogP) is 5.35. The molecule has 0 saturated carbocycles. The molecule has 5 heteroatoms. The number of amides is 1. The van der Waals surface area contributed by atoms with Crippen molar-refractivity contribution in [2.45, 2.75) is 52.7 Å². The van der Waals surface area contributed by atoms with Crippen molar-refractivity contribution in [3.8, 4) is 5.75 Å². The van der Waals surface area contributed by atoms with Crippen molar-refractivity contribution in [2.24, 2.45) is 0 Å². The first-order chi connectivity index (χ1) is 16.2. The van der Waals surface area contributed by atoms with Gasteiger partial charge in [-0.2, -0.15) is 0 Å². The lowest BCUT2D eigenvalue weighted by Gasteiger charge is -2.35. The molecule has 1 aliphatic heterocycles. The molecular formula is C28H35N3O2. The van der Waals surface area contributed by atoms with Crippen LogP contribution in [0.2, 0.25) is 0 Å². The highest BCUT2D eigenvalue weighted by atomic mass is 16.5. The molecule has 1 amide bonds. The first kappa shape index (κ1) is 23.2. The Balaban J connectivity index is 1.45. The van der Waals surface area contributed by atoms with Crippen molar-refractivity contribution in [1.82, 2.24) is 14.8 Å². The van der Waals surface area contributed by atoms with Gasteiger partial charge in [-0.3, -0.25) is 14.7 Å². The minimum Gasteiger partial charge on any atom is -0.488 e. The van der Waals surface area contributed by atoms with E-state index in [1.807, 2.05) is 35.2 Å². The molecule has 4 rings (SSSR count). The number of ether oxygens (including phenoxy) is 1. The smallest absolute Gasteiger partial charge is 0.222 e. The Hall–Kier alpha value is -2.92. The molecule has 174 valence electrons. The minimum absolute atomic E-state index is 0.305. The van der Waals surface area contributed by atoms with Gasteiger partial charge in [0, 0.05) is 50.1 Å². The second-order valence-corrected chi connectivity index (χ2v) is 8.92. The van der Waals surface area contributed by atoms with E-state index in [0.717, 1.165) is 85.5 Å². The van der Waals surface area contributed by atoms with Gasteiger partial charge in [0.25, 0.3) is 0 Å². The highest BCUT2D eigenvalue weighted by Crippen LogP contribution is 2.31. The number of carbonyl (C=O) groups is 1. The predicted molar refractivity (Wildman–Crippen MR) is 133 cm³/mol. The second kappa shape index (κ2) is 11.3. The van der Waals surface area contributed by atoms with E-state index in [1.54, 1.807) is 0 Å². The van der Waals surface area contributed by atoms with Crippen LogP contribution >= 0.6 is 0 Å². The Kier molecular flexibility index (Phi) is 7.95. The fraction of sp³-hybridized carbons (Fsp3) is 0.429. The van der Waals surface area contributed by atoms with Gasteiger partial charge in [-0.15, -0.1) is 0 Å². The Morgan fingerprint density at radius 2 is 1.70 bits per heavy atom. The summed E-state index contributed by atoms with van der Waals surface area (Å²) >= 11 is 0. The third kappa shape index (κ3) is 5.91. The number of nitrogens with zero attached hydrogens (tertiary/aromatic N) is 3. The molecule has 1 saturated heterocycles. The molecule has 0 spiro atoms. The molecule has 0 unspecified atom stereocenters. The van der Waals surface area contributed by atoms with Crippen LogP contribution in [0.4, 0.5) is 0 Å². The lowest BCUT2D eigenvalue weighted by atomic mass is 10.1. The largest absolute Gasteiger partial charge is 0.488 e.